The van der Waals surface area contributed by atoms with Crippen LogP contribution in [0.2, 0.25) is 0 Å². The predicted octanol–water partition coefficient (Wildman–Crippen LogP) is 3.52. The number of aryl methyl sites for hydroxylation is 1. The molecule has 0 radical (unpaired) electrons. The van der Waals surface area contributed by atoms with Crippen molar-refractivity contribution in [1.82, 2.24) is 9.97 Å². The monoisotopic (exact) mass is 321 g/mol. The highest BCUT2D eigenvalue weighted by Crippen LogP contribution is 2.28. The van der Waals surface area contributed by atoms with Gasteiger partial charge in [0.15, 0.2) is 5.82 Å². The molecular weight excluding hydrogens is 306 g/mol. The third-order valence-corrected chi connectivity index (χ3v) is 3.67. The van der Waals surface area contributed by atoms with E-state index in [0.29, 0.717) is 5.82 Å². The van der Waals surface area contributed by atoms with Crippen LogP contribution in [0.4, 0.5) is 5.82 Å². The number of anilines is 1. The van der Waals surface area contributed by atoms with Gasteiger partial charge >= 0.3 is 0 Å². The van der Waals surface area contributed by atoms with E-state index in [9.17, 15) is 0 Å². The molecule has 0 fully saturated rings. The Morgan fingerprint density at radius 1 is 1.21 bits per heavy atom. The largest absolute Gasteiger partial charge is 0.497 e. The summed E-state index contributed by atoms with van der Waals surface area (Å²) in [5.41, 5.74) is 1.96. The number of ether oxygens (including phenoxy) is 1. The van der Waals surface area contributed by atoms with Crippen LogP contribution in [-0.2, 0) is 6.42 Å². The van der Waals surface area contributed by atoms with Crippen LogP contribution in [0, 0.1) is 0 Å². The highest BCUT2D eigenvalue weighted by molar-refractivity contribution is 9.10. The normalized spacial score (nSPS) is 10.3. The van der Waals surface area contributed by atoms with Crippen molar-refractivity contribution in [2.75, 3.05) is 19.5 Å². The van der Waals surface area contributed by atoms with Gasteiger partial charge in [-0.25, -0.2) is 9.97 Å². The van der Waals surface area contributed by atoms with Crippen molar-refractivity contribution in [2.45, 2.75) is 13.3 Å². The van der Waals surface area contributed by atoms with Crippen LogP contribution < -0.4 is 10.1 Å². The molecule has 0 bridgehead atoms. The van der Waals surface area contributed by atoms with Gasteiger partial charge in [-0.1, -0.05) is 6.92 Å². The Morgan fingerprint density at radius 2 is 1.89 bits per heavy atom. The van der Waals surface area contributed by atoms with E-state index >= 15 is 0 Å². The van der Waals surface area contributed by atoms with Gasteiger partial charge in [0, 0.05) is 12.6 Å². The molecule has 100 valence electrons. The summed E-state index contributed by atoms with van der Waals surface area (Å²) in [5.74, 6) is 2.34. The number of aromatic nitrogens is 2. The maximum atomic E-state index is 5.15. The fourth-order valence-corrected chi connectivity index (χ4v) is 2.42. The van der Waals surface area contributed by atoms with Gasteiger partial charge in [-0.15, -0.1) is 0 Å². The Bertz CT molecular complexity index is 544. The van der Waals surface area contributed by atoms with Gasteiger partial charge in [-0.2, -0.15) is 0 Å². The summed E-state index contributed by atoms with van der Waals surface area (Å²) in [6.45, 7) is 2.07. The number of benzene rings is 1. The molecule has 0 atom stereocenters. The van der Waals surface area contributed by atoms with Gasteiger partial charge in [0.1, 0.15) is 11.6 Å². The zero-order valence-electron chi connectivity index (χ0n) is 11.2. The van der Waals surface area contributed by atoms with Crippen molar-refractivity contribution in [3.05, 3.63) is 34.4 Å². The van der Waals surface area contributed by atoms with E-state index in [2.05, 4.69) is 38.1 Å². The van der Waals surface area contributed by atoms with E-state index in [1.165, 1.54) is 0 Å². The van der Waals surface area contributed by atoms with Gasteiger partial charge in [-0.05, 0) is 46.6 Å². The summed E-state index contributed by atoms with van der Waals surface area (Å²) in [7, 11) is 3.50. The van der Waals surface area contributed by atoms with E-state index in [1.54, 1.807) is 7.11 Å². The lowest BCUT2D eigenvalue weighted by Crippen LogP contribution is -2.02. The molecule has 0 saturated heterocycles. The molecule has 1 aromatic heterocycles. The third kappa shape index (κ3) is 2.87. The molecule has 2 rings (SSSR count). The minimum absolute atomic E-state index is 0.715. The quantitative estimate of drug-likeness (QED) is 0.936. The number of hydrogen-bond donors (Lipinski definition) is 1. The molecule has 5 heteroatoms. The van der Waals surface area contributed by atoms with Crippen molar-refractivity contribution >= 4 is 21.7 Å². The molecule has 2 aromatic rings. The molecular formula is C14H16BrN3O. The summed E-state index contributed by atoms with van der Waals surface area (Å²) in [5, 5.41) is 3.08. The van der Waals surface area contributed by atoms with Crippen LogP contribution in [0.3, 0.4) is 0 Å². The standard InChI is InChI=1S/C14H16BrN3O/c1-4-11-12(15)14(16-2)18-13(17-11)9-5-7-10(19-3)8-6-9/h5-8H,4H2,1-3H3,(H,16,17,18). The lowest BCUT2D eigenvalue weighted by molar-refractivity contribution is 0.415. The second kappa shape index (κ2) is 6.02. The Labute approximate surface area is 121 Å². The van der Waals surface area contributed by atoms with Crippen LogP contribution in [0.25, 0.3) is 11.4 Å². The van der Waals surface area contributed by atoms with E-state index in [0.717, 1.165) is 33.7 Å². The molecule has 1 N–H and O–H groups in total. The molecule has 0 aliphatic heterocycles. The lowest BCUT2D eigenvalue weighted by atomic mass is 10.2. The van der Waals surface area contributed by atoms with Gasteiger partial charge in [0.25, 0.3) is 0 Å². The second-order valence-corrected chi connectivity index (χ2v) is 4.78. The van der Waals surface area contributed by atoms with E-state index in [4.69, 9.17) is 4.74 Å². The van der Waals surface area contributed by atoms with Crippen molar-refractivity contribution in [3.8, 4) is 17.1 Å². The summed E-state index contributed by atoms with van der Waals surface area (Å²) in [6.07, 6.45) is 0.848. The highest BCUT2D eigenvalue weighted by Gasteiger charge is 2.11. The zero-order valence-corrected chi connectivity index (χ0v) is 12.8. The molecule has 19 heavy (non-hydrogen) atoms. The number of nitrogens with zero attached hydrogens (tertiary/aromatic N) is 2. The zero-order chi connectivity index (χ0) is 13.8. The first-order valence-electron chi connectivity index (χ1n) is 6.08. The predicted molar refractivity (Wildman–Crippen MR) is 80.6 cm³/mol. The molecule has 0 unspecified atom stereocenters. The maximum Gasteiger partial charge on any atom is 0.161 e. The van der Waals surface area contributed by atoms with Crippen LogP contribution in [-0.4, -0.2) is 24.1 Å². The Hall–Kier alpha value is -1.62. The maximum absolute atomic E-state index is 5.15. The number of rotatable bonds is 4. The highest BCUT2D eigenvalue weighted by atomic mass is 79.9. The first-order valence-corrected chi connectivity index (χ1v) is 6.87. The van der Waals surface area contributed by atoms with Crippen molar-refractivity contribution in [1.29, 1.82) is 0 Å². The first kappa shape index (κ1) is 13.8. The molecule has 0 amide bonds. The second-order valence-electron chi connectivity index (χ2n) is 3.99. The Balaban J connectivity index is 2.48. The number of halogens is 1. The average Bonchev–Trinajstić information content (AvgIpc) is 2.47. The van der Waals surface area contributed by atoms with Gasteiger partial charge in [-0.3, -0.25) is 0 Å². The van der Waals surface area contributed by atoms with Crippen LogP contribution in [0.1, 0.15) is 12.6 Å². The van der Waals surface area contributed by atoms with Crippen LogP contribution >= 0.6 is 15.9 Å². The summed E-state index contributed by atoms with van der Waals surface area (Å²) in [4.78, 5) is 9.10. The molecule has 1 heterocycles. The van der Waals surface area contributed by atoms with Gasteiger partial charge in [0.05, 0.1) is 17.3 Å². The minimum atomic E-state index is 0.715. The number of methoxy groups -OCH3 is 1. The summed E-state index contributed by atoms with van der Waals surface area (Å²) in [6, 6.07) is 7.73. The van der Waals surface area contributed by atoms with Gasteiger partial charge < -0.3 is 10.1 Å². The molecule has 0 aliphatic carbocycles. The molecule has 0 aliphatic rings. The number of nitrogens with one attached hydrogen (secondary N) is 1. The Kier molecular flexibility index (Phi) is 4.37. The minimum Gasteiger partial charge on any atom is -0.497 e. The van der Waals surface area contributed by atoms with Gasteiger partial charge in [0.2, 0.25) is 0 Å². The van der Waals surface area contributed by atoms with E-state index in [-0.39, 0.29) is 0 Å². The fourth-order valence-electron chi connectivity index (χ4n) is 1.76. The first-order chi connectivity index (χ1) is 9.19. The van der Waals surface area contributed by atoms with Crippen molar-refractivity contribution < 1.29 is 4.74 Å². The summed E-state index contributed by atoms with van der Waals surface area (Å²) >= 11 is 3.52. The fraction of sp³-hybridized carbons (Fsp3) is 0.286. The summed E-state index contributed by atoms with van der Waals surface area (Å²) < 4.78 is 6.08. The lowest BCUT2D eigenvalue weighted by Gasteiger charge is -2.10. The smallest absolute Gasteiger partial charge is 0.161 e. The SMILES string of the molecule is CCc1nc(-c2ccc(OC)cc2)nc(NC)c1Br. The Morgan fingerprint density at radius 3 is 2.42 bits per heavy atom. The molecule has 4 nitrogen and oxygen atoms in total. The van der Waals surface area contributed by atoms with Crippen LogP contribution in [0.15, 0.2) is 28.7 Å². The van der Waals surface area contributed by atoms with Crippen LogP contribution in [0.5, 0.6) is 5.75 Å². The third-order valence-electron chi connectivity index (χ3n) is 2.84. The number of hydrogen-bond acceptors (Lipinski definition) is 4. The molecule has 0 saturated carbocycles. The van der Waals surface area contributed by atoms with E-state index in [1.807, 2.05) is 31.3 Å². The van der Waals surface area contributed by atoms with E-state index < -0.39 is 0 Å². The molecule has 0 spiro atoms. The van der Waals surface area contributed by atoms with Crippen molar-refractivity contribution in [2.24, 2.45) is 0 Å². The molecule has 1 aromatic carbocycles. The topological polar surface area (TPSA) is 47.0 Å². The average molecular weight is 322 g/mol. The van der Waals surface area contributed by atoms with Crippen molar-refractivity contribution in [3.63, 3.8) is 0 Å².